The SMILES string of the molecule is CCOc1ccc2[nH]c(=O)c(-c3nccn3[C@@H]3CCC[C@H]3N(C)C)cc2c1.O=CO. The van der Waals surface area contributed by atoms with Gasteiger partial charge in [0.1, 0.15) is 11.6 Å². The Hall–Kier alpha value is -3.13. The molecule has 2 atom stereocenters. The minimum absolute atomic E-state index is 0.112. The first-order chi connectivity index (χ1) is 14.5. The summed E-state index contributed by atoms with van der Waals surface area (Å²) in [5.41, 5.74) is 1.29. The van der Waals surface area contributed by atoms with Crippen LogP contribution in [0.25, 0.3) is 22.3 Å². The first kappa shape index (κ1) is 21.6. The highest BCUT2D eigenvalue weighted by Crippen LogP contribution is 2.35. The predicted octanol–water partition coefficient (Wildman–Crippen LogP) is 3.15. The third kappa shape index (κ3) is 4.38. The van der Waals surface area contributed by atoms with E-state index in [0.29, 0.717) is 24.3 Å². The van der Waals surface area contributed by atoms with Crippen LogP contribution in [-0.2, 0) is 4.79 Å². The van der Waals surface area contributed by atoms with Crippen LogP contribution in [0.1, 0.15) is 32.2 Å². The van der Waals surface area contributed by atoms with Gasteiger partial charge < -0.3 is 24.3 Å². The number of carbonyl (C=O) groups is 1. The van der Waals surface area contributed by atoms with E-state index in [0.717, 1.165) is 28.9 Å². The van der Waals surface area contributed by atoms with Gasteiger partial charge in [-0.1, -0.05) is 0 Å². The third-order valence-electron chi connectivity index (χ3n) is 5.50. The molecule has 2 N–H and O–H groups in total. The van der Waals surface area contributed by atoms with Crippen molar-refractivity contribution < 1.29 is 14.6 Å². The van der Waals surface area contributed by atoms with Gasteiger partial charge in [0.05, 0.1) is 18.2 Å². The average molecular weight is 412 g/mol. The number of nitrogens with one attached hydrogen (secondary N) is 1. The van der Waals surface area contributed by atoms with Crippen LogP contribution in [0.15, 0.2) is 41.5 Å². The summed E-state index contributed by atoms with van der Waals surface area (Å²) in [6.45, 7) is 2.32. The monoisotopic (exact) mass is 412 g/mol. The third-order valence-corrected chi connectivity index (χ3v) is 5.50. The predicted molar refractivity (Wildman–Crippen MR) is 116 cm³/mol. The fourth-order valence-corrected chi connectivity index (χ4v) is 4.24. The normalized spacial score (nSPS) is 18.3. The number of hydrogen-bond acceptors (Lipinski definition) is 5. The van der Waals surface area contributed by atoms with Crippen molar-refractivity contribution in [3.05, 3.63) is 47.0 Å². The van der Waals surface area contributed by atoms with Gasteiger partial charge in [-0.3, -0.25) is 9.59 Å². The Kier molecular flexibility index (Phi) is 6.89. The van der Waals surface area contributed by atoms with Crippen molar-refractivity contribution in [3.8, 4) is 17.1 Å². The quantitative estimate of drug-likeness (QED) is 0.625. The number of imidazole rings is 1. The molecule has 0 spiro atoms. The second-order valence-corrected chi connectivity index (χ2v) is 7.49. The fourth-order valence-electron chi connectivity index (χ4n) is 4.24. The van der Waals surface area contributed by atoms with E-state index in [1.165, 1.54) is 12.8 Å². The lowest BCUT2D eigenvalue weighted by atomic mass is 10.1. The van der Waals surface area contributed by atoms with E-state index in [2.05, 4.69) is 33.5 Å². The smallest absolute Gasteiger partial charge is 0.290 e. The molecule has 0 radical (unpaired) electrons. The second kappa shape index (κ2) is 9.58. The molecular weight excluding hydrogens is 384 g/mol. The van der Waals surface area contributed by atoms with Crippen molar-refractivity contribution in [2.75, 3.05) is 20.7 Å². The molecule has 1 fully saturated rings. The number of ether oxygens (including phenoxy) is 1. The number of likely N-dealkylation sites (N-methyl/N-ethyl adjacent to an activating group) is 1. The molecule has 30 heavy (non-hydrogen) atoms. The highest BCUT2D eigenvalue weighted by Gasteiger charge is 2.31. The van der Waals surface area contributed by atoms with Gasteiger partial charge >= 0.3 is 0 Å². The molecule has 0 aliphatic heterocycles. The van der Waals surface area contributed by atoms with Gasteiger partial charge in [-0.05, 0) is 64.5 Å². The second-order valence-electron chi connectivity index (χ2n) is 7.49. The highest BCUT2D eigenvalue weighted by molar-refractivity contribution is 5.83. The van der Waals surface area contributed by atoms with Crippen molar-refractivity contribution in [2.45, 2.75) is 38.3 Å². The maximum Gasteiger partial charge on any atom is 0.290 e. The minimum atomic E-state index is -0.250. The van der Waals surface area contributed by atoms with Crippen LogP contribution < -0.4 is 10.3 Å². The van der Waals surface area contributed by atoms with Crippen LogP contribution in [0, 0.1) is 0 Å². The molecule has 2 heterocycles. The van der Waals surface area contributed by atoms with Crippen molar-refractivity contribution in [2.24, 2.45) is 0 Å². The van der Waals surface area contributed by atoms with Crippen LogP contribution in [0.4, 0.5) is 0 Å². The zero-order valence-electron chi connectivity index (χ0n) is 17.5. The number of H-pyrrole nitrogens is 1. The molecule has 4 rings (SSSR count). The van der Waals surface area contributed by atoms with E-state index in [4.69, 9.17) is 14.6 Å². The molecule has 0 amide bonds. The molecule has 8 nitrogen and oxygen atoms in total. The van der Waals surface area contributed by atoms with E-state index in [1.54, 1.807) is 6.20 Å². The lowest BCUT2D eigenvalue weighted by molar-refractivity contribution is -0.122. The van der Waals surface area contributed by atoms with Gasteiger partial charge in [-0.2, -0.15) is 0 Å². The van der Waals surface area contributed by atoms with Gasteiger partial charge in [0, 0.05) is 29.3 Å². The van der Waals surface area contributed by atoms with E-state index in [9.17, 15) is 4.79 Å². The zero-order valence-corrected chi connectivity index (χ0v) is 17.5. The van der Waals surface area contributed by atoms with Crippen molar-refractivity contribution in [1.29, 1.82) is 0 Å². The number of aromatic nitrogens is 3. The molecule has 3 aromatic rings. The molecular formula is C22H28N4O4. The maximum absolute atomic E-state index is 12.8. The van der Waals surface area contributed by atoms with Gasteiger partial charge in [-0.15, -0.1) is 0 Å². The number of pyridine rings is 1. The Morgan fingerprint density at radius 2 is 2.10 bits per heavy atom. The molecule has 0 saturated heterocycles. The Labute approximate surface area is 175 Å². The molecule has 1 saturated carbocycles. The summed E-state index contributed by atoms with van der Waals surface area (Å²) < 4.78 is 7.78. The number of benzene rings is 1. The van der Waals surface area contributed by atoms with Crippen LogP contribution in [0.3, 0.4) is 0 Å². The van der Waals surface area contributed by atoms with Gasteiger partial charge in [0.2, 0.25) is 0 Å². The number of aromatic amines is 1. The molecule has 1 aromatic carbocycles. The summed E-state index contributed by atoms with van der Waals surface area (Å²) in [6.07, 6.45) is 7.26. The lowest BCUT2D eigenvalue weighted by Crippen LogP contribution is -2.33. The molecule has 0 unspecified atom stereocenters. The summed E-state index contributed by atoms with van der Waals surface area (Å²) in [5.74, 6) is 1.54. The summed E-state index contributed by atoms with van der Waals surface area (Å²) >= 11 is 0. The van der Waals surface area contributed by atoms with E-state index in [-0.39, 0.29) is 12.0 Å². The topological polar surface area (TPSA) is 100 Å². The Morgan fingerprint density at radius 1 is 1.33 bits per heavy atom. The van der Waals surface area contributed by atoms with Gasteiger partial charge in [0.15, 0.2) is 0 Å². The van der Waals surface area contributed by atoms with E-state index >= 15 is 0 Å². The van der Waals surface area contributed by atoms with Crippen LogP contribution in [0.5, 0.6) is 5.75 Å². The molecule has 8 heteroatoms. The van der Waals surface area contributed by atoms with E-state index in [1.807, 2.05) is 37.4 Å². The number of fused-ring (bicyclic) bond motifs is 1. The van der Waals surface area contributed by atoms with Gasteiger partial charge in [-0.25, -0.2) is 4.98 Å². The van der Waals surface area contributed by atoms with Crippen molar-refractivity contribution in [3.63, 3.8) is 0 Å². The molecule has 1 aliphatic carbocycles. The summed E-state index contributed by atoms with van der Waals surface area (Å²) in [7, 11) is 4.25. The molecule has 0 bridgehead atoms. The zero-order chi connectivity index (χ0) is 21.7. The molecule has 2 aromatic heterocycles. The minimum Gasteiger partial charge on any atom is -0.494 e. The summed E-state index contributed by atoms with van der Waals surface area (Å²) in [5, 5.41) is 7.83. The first-order valence-electron chi connectivity index (χ1n) is 10.1. The molecule has 1 aliphatic rings. The summed E-state index contributed by atoms with van der Waals surface area (Å²) in [6, 6.07) is 8.45. The van der Waals surface area contributed by atoms with Crippen LogP contribution in [-0.4, -0.2) is 57.8 Å². The Balaban J connectivity index is 0.000000806. The van der Waals surface area contributed by atoms with Crippen molar-refractivity contribution >= 4 is 17.4 Å². The van der Waals surface area contributed by atoms with Crippen molar-refractivity contribution in [1.82, 2.24) is 19.4 Å². The number of hydrogen-bond donors (Lipinski definition) is 2. The maximum atomic E-state index is 12.8. The standard InChI is InChI=1S/C21H26N4O2.CH2O2/c1-4-27-15-8-9-17-14(12-15)13-16(21(26)23-17)20-22-10-11-25(20)19-7-5-6-18(19)24(2)3;2-1-3/h8-13,18-19H,4-7H2,1-3H3,(H,23,26);1H,(H,2,3)/t18-,19-;/m1./s1. The number of nitrogens with zero attached hydrogens (tertiary/aromatic N) is 3. The average Bonchev–Trinajstić information content (AvgIpc) is 3.37. The largest absolute Gasteiger partial charge is 0.494 e. The van der Waals surface area contributed by atoms with Crippen LogP contribution >= 0.6 is 0 Å². The first-order valence-corrected chi connectivity index (χ1v) is 10.1. The van der Waals surface area contributed by atoms with E-state index < -0.39 is 0 Å². The highest BCUT2D eigenvalue weighted by atomic mass is 16.5. The number of rotatable bonds is 5. The lowest BCUT2D eigenvalue weighted by Gasteiger charge is -2.28. The molecule has 160 valence electrons. The summed E-state index contributed by atoms with van der Waals surface area (Å²) in [4.78, 5) is 31.0. The van der Waals surface area contributed by atoms with Gasteiger partial charge in [0.25, 0.3) is 12.0 Å². The Morgan fingerprint density at radius 3 is 2.80 bits per heavy atom. The number of carboxylic acid groups (broad SMARTS) is 1. The Bertz CT molecular complexity index is 1060. The fraction of sp³-hybridized carbons (Fsp3) is 0.409. The van der Waals surface area contributed by atoms with Crippen LogP contribution in [0.2, 0.25) is 0 Å².